The SMILES string of the molecule is CCOCCCSc1nc2ccc(N)cc2[nH]1. The Kier molecular flexibility index (Phi) is 4.28. The summed E-state index contributed by atoms with van der Waals surface area (Å²) in [6.45, 7) is 3.61. The Labute approximate surface area is 105 Å². The average molecular weight is 251 g/mol. The maximum absolute atomic E-state index is 5.72. The van der Waals surface area contributed by atoms with E-state index in [1.54, 1.807) is 11.8 Å². The fraction of sp³-hybridized carbons (Fsp3) is 0.417. The summed E-state index contributed by atoms with van der Waals surface area (Å²) in [5.74, 6) is 1.01. The minimum atomic E-state index is 0.758. The van der Waals surface area contributed by atoms with E-state index in [-0.39, 0.29) is 0 Å². The van der Waals surface area contributed by atoms with Crippen molar-refractivity contribution >= 4 is 28.5 Å². The molecule has 0 saturated carbocycles. The zero-order chi connectivity index (χ0) is 12.1. The smallest absolute Gasteiger partial charge is 0.166 e. The van der Waals surface area contributed by atoms with Crippen LogP contribution in [0.25, 0.3) is 11.0 Å². The number of H-pyrrole nitrogens is 1. The molecule has 0 amide bonds. The van der Waals surface area contributed by atoms with E-state index in [0.29, 0.717) is 0 Å². The van der Waals surface area contributed by atoms with E-state index in [4.69, 9.17) is 10.5 Å². The Morgan fingerprint density at radius 3 is 3.18 bits per heavy atom. The van der Waals surface area contributed by atoms with Crippen molar-refractivity contribution in [2.24, 2.45) is 0 Å². The first-order valence-corrected chi connectivity index (χ1v) is 6.74. The van der Waals surface area contributed by atoms with Crippen LogP contribution < -0.4 is 5.73 Å². The Morgan fingerprint density at radius 2 is 2.35 bits per heavy atom. The molecule has 0 aliphatic rings. The Balaban J connectivity index is 1.91. The predicted octanol–water partition coefficient (Wildman–Crippen LogP) is 2.66. The first-order valence-electron chi connectivity index (χ1n) is 5.75. The van der Waals surface area contributed by atoms with Gasteiger partial charge >= 0.3 is 0 Å². The van der Waals surface area contributed by atoms with Crippen LogP contribution in [-0.4, -0.2) is 28.9 Å². The number of hydrogen-bond acceptors (Lipinski definition) is 4. The zero-order valence-electron chi connectivity index (χ0n) is 9.90. The molecule has 0 spiro atoms. The molecule has 0 atom stereocenters. The van der Waals surface area contributed by atoms with Gasteiger partial charge in [0.15, 0.2) is 5.16 Å². The zero-order valence-corrected chi connectivity index (χ0v) is 10.7. The molecule has 2 rings (SSSR count). The fourth-order valence-corrected chi connectivity index (χ4v) is 2.35. The second kappa shape index (κ2) is 5.93. The van der Waals surface area contributed by atoms with Crippen LogP contribution in [0.2, 0.25) is 0 Å². The average Bonchev–Trinajstić information content (AvgIpc) is 2.70. The minimum absolute atomic E-state index is 0.758. The lowest BCUT2D eigenvalue weighted by Gasteiger charge is -1.99. The third-order valence-corrected chi connectivity index (χ3v) is 3.32. The van der Waals surface area contributed by atoms with Crippen LogP contribution in [-0.2, 0) is 4.74 Å². The number of thioether (sulfide) groups is 1. The van der Waals surface area contributed by atoms with E-state index in [1.165, 1.54) is 0 Å². The van der Waals surface area contributed by atoms with E-state index >= 15 is 0 Å². The van der Waals surface area contributed by atoms with Crippen molar-refractivity contribution < 1.29 is 4.74 Å². The first kappa shape index (κ1) is 12.3. The van der Waals surface area contributed by atoms with Crippen molar-refractivity contribution in [3.05, 3.63) is 18.2 Å². The summed E-state index contributed by atoms with van der Waals surface area (Å²) in [6, 6.07) is 5.71. The van der Waals surface area contributed by atoms with Gasteiger partial charge < -0.3 is 15.5 Å². The van der Waals surface area contributed by atoms with Gasteiger partial charge in [0.05, 0.1) is 11.0 Å². The van der Waals surface area contributed by atoms with Crippen LogP contribution in [0, 0.1) is 0 Å². The number of nitrogens with one attached hydrogen (secondary N) is 1. The largest absolute Gasteiger partial charge is 0.399 e. The van der Waals surface area contributed by atoms with Gasteiger partial charge in [-0.1, -0.05) is 11.8 Å². The molecule has 0 unspecified atom stereocenters. The molecule has 5 heteroatoms. The van der Waals surface area contributed by atoms with Crippen LogP contribution >= 0.6 is 11.8 Å². The number of anilines is 1. The second-order valence-electron chi connectivity index (χ2n) is 3.72. The molecule has 1 aromatic carbocycles. The van der Waals surface area contributed by atoms with Gasteiger partial charge in [-0.15, -0.1) is 0 Å². The minimum Gasteiger partial charge on any atom is -0.399 e. The Bertz CT molecular complexity index is 484. The monoisotopic (exact) mass is 251 g/mol. The second-order valence-corrected chi connectivity index (χ2v) is 4.80. The number of fused-ring (bicyclic) bond motifs is 1. The number of nitrogens with zero attached hydrogens (tertiary/aromatic N) is 1. The number of aromatic amines is 1. The highest BCUT2D eigenvalue weighted by Gasteiger charge is 2.03. The summed E-state index contributed by atoms with van der Waals surface area (Å²) in [6.07, 6.45) is 1.04. The van der Waals surface area contributed by atoms with Gasteiger partial charge in [0.2, 0.25) is 0 Å². The molecule has 0 aliphatic carbocycles. The van der Waals surface area contributed by atoms with E-state index in [1.807, 2.05) is 25.1 Å². The number of imidazole rings is 1. The third-order valence-electron chi connectivity index (χ3n) is 2.36. The van der Waals surface area contributed by atoms with Gasteiger partial charge in [-0.3, -0.25) is 0 Å². The number of nitrogens with two attached hydrogens (primary N) is 1. The van der Waals surface area contributed by atoms with Crippen LogP contribution in [0.1, 0.15) is 13.3 Å². The standard InChI is InChI=1S/C12H17N3OS/c1-2-16-6-3-7-17-12-14-10-5-4-9(13)8-11(10)15-12/h4-5,8H,2-3,6-7,13H2,1H3,(H,14,15). The van der Waals surface area contributed by atoms with Crippen molar-refractivity contribution in [2.45, 2.75) is 18.5 Å². The normalized spacial score (nSPS) is 11.1. The van der Waals surface area contributed by atoms with Crippen LogP contribution in [0.15, 0.2) is 23.4 Å². The number of nitrogen functional groups attached to an aromatic ring is 1. The molecular formula is C12H17N3OS. The first-order chi connectivity index (χ1) is 8.29. The maximum atomic E-state index is 5.72. The van der Waals surface area contributed by atoms with E-state index < -0.39 is 0 Å². The fourth-order valence-electron chi connectivity index (χ4n) is 1.55. The van der Waals surface area contributed by atoms with E-state index in [2.05, 4.69) is 9.97 Å². The van der Waals surface area contributed by atoms with Gasteiger partial charge in [0.25, 0.3) is 0 Å². The Hall–Kier alpha value is -1.20. The Morgan fingerprint density at radius 1 is 1.47 bits per heavy atom. The summed E-state index contributed by atoms with van der Waals surface area (Å²) < 4.78 is 5.29. The maximum Gasteiger partial charge on any atom is 0.166 e. The summed E-state index contributed by atoms with van der Waals surface area (Å²) in [5.41, 5.74) is 8.44. The molecule has 0 fully saturated rings. The number of rotatable bonds is 6. The molecule has 92 valence electrons. The summed E-state index contributed by atoms with van der Waals surface area (Å²) in [5, 5.41) is 0.946. The van der Waals surface area contributed by atoms with Crippen molar-refractivity contribution in [3.63, 3.8) is 0 Å². The molecule has 0 bridgehead atoms. The molecule has 1 heterocycles. The number of benzene rings is 1. The predicted molar refractivity (Wildman–Crippen MR) is 72.3 cm³/mol. The molecule has 4 nitrogen and oxygen atoms in total. The number of ether oxygens (including phenoxy) is 1. The summed E-state index contributed by atoms with van der Waals surface area (Å²) in [4.78, 5) is 7.74. The van der Waals surface area contributed by atoms with E-state index in [9.17, 15) is 0 Å². The molecule has 17 heavy (non-hydrogen) atoms. The van der Waals surface area contributed by atoms with Crippen LogP contribution in [0.5, 0.6) is 0 Å². The number of aromatic nitrogens is 2. The van der Waals surface area contributed by atoms with Gasteiger partial charge in [0, 0.05) is 24.7 Å². The third kappa shape index (κ3) is 3.38. The van der Waals surface area contributed by atoms with Crippen LogP contribution in [0.3, 0.4) is 0 Å². The van der Waals surface area contributed by atoms with Crippen molar-refractivity contribution in [1.82, 2.24) is 9.97 Å². The highest BCUT2D eigenvalue weighted by Crippen LogP contribution is 2.21. The lowest BCUT2D eigenvalue weighted by Crippen LogP contribution is -1.94. The van der Waals surface area contributed by atoms with Gasteiger partial charge in [-0.05, 0) is 31.5 Å². The number of hydrogen-bond donors (Lipinski definition) is 2. The molecule has 3 N–H and O–H groups in total. The summed E-state index contributed by atoms with van der Waals surface area (Å²) in [7, 11) is 0. The van der Waals surface area contributed by atoms with E-state index in [0.717, 1.165) is 47.3 Å². The van der Waals surface area contributed by atoms with Crippen molar-refractivity contribution in [1.29, 1.82) is 0 Å². The molecule has 2 aromatic rings. The van der Waals surface area contributed by atoms with Crippen molar-refractivity contribution in [3.8, 4) is 0 Å². The lowest BCUT2D eigenvalue weighted by molar-refractivity contribution is 0.149. The molecular weight excluding hydrogens is 234 g/mol. The molecule has 1 aromatic heterocycles. The molecule has 0 saturated heterocycles. The molecule has 0 aliphatic heterocycles. The lowest BCUT2D eigenvalue weighted by atomic mass is 10.3. The summed E-state index contributed by atoms with van der Waals surface area (Å²) >= 11 is 1.71. The van der Waals surface area contributed by atoms with Gasteiger partial charge in [-0.2, -0.15) is 0 Å². The van der Waals surface area contributed by atoms with Crippen LogP contribution in [0.4, 0.5) is 5.69 Å². The highest BCUT2D eigenvalue weighted by atomic mass is 32.2. The quantitative estimate of drug-likeness (QED) is 0.470. The topological polar surface area (TPSA) is 63.9 Å². The van der Waals surface area contributed by atoms with Crippen molar-refractivity contribution in [2.75, 3.05) is 24.7 Å². The molecule has 0 radical (unpaired) electrons. The van der Waals surface area contributed by atoms with Gasteiger partial charge in [-0.25, -0.2) is 4.98 Å². The highest BCUT2D eigenvalue weighted by molar-refractivity contribution is 7.99. The van der Waals surface area contributed by atoms with Gasteiger partial charge in [0.1, 0.15) is 0 Å².